The van der Waals surface area contributed by atoms with Crippen molar-refractivity contribution >= 4 is 46.6 Å². The van der Waals surface area contributed by atoms with Crippen LogP contribution in [0.5, 0.6) is 0 Å². The summed E-state index contributed by atoms with van der Waals surface area (Å²) >= 11 is 17.5. The van der Waals surface area contributed by atoms with Crippen LogP contribution in [0.4, 0.5) is 0 Å². The molecule has 0 radical (unpaired) electrons. The van der Waals surface area contributed by atoms with Gasteiger partial charge in [0.2, 0.25) is 0 Å². The Kier molecular flexibility index (Phi) is 5.99. The number of Topliss-reactive ketones (excluding diaryl/α,β-unsaturated/α-hetero) is 1. The summed E-state index contributed by atoms with van der Waals surface area (Å²) in [4.78, 5) is 27.7. The molecule has 0 amide bonds. The average Bonchev–Trinajstić information content (AvgIpc) is 2.57. The van der Waals surface area contributed by atoms with Crippen LogP contribution in [-0.4, -0.2) is 23.3 Å². The normalized spacial score (nSPS) is 10.4. The highest BCUT2D eigenvalue weighted by Crippen LogP contribution is 2.31. The molecule has 0 saturated carbocycles. The summed E-state index contributed by atoms with van der Waals surface area (Å²) in [5.74, 6) is -1.16. The number of aromatic nitrogens is 1. The van der Waals surface area contributed by atoms with Gasteiger partial charge in [0.1, 0.15) is 0 Å². The zero-order valence-corrected chi connectivity index (χ0v) is 14.4. The molecule has 2 aromatic rings. The maximum Gasteiger partial charge on any atom is 0.358 e. The molecule has 0 unspecified atom stereocenters. The predicted molar refractivity (Wildman–Crippen MR) is 89.7 cm³/mol. The first kappa shape index (κ1) is 17.7. The predicted octanol–water partition coefficient (Wildman–Crippen LogP) is 4.64. The molecule has 1 aromatic carbocycles. The Hall–Kier alpha value is -1.62. The van der Waals surface area contributed by atoms with E-state index in [2.05, 4.69) is 4.98 Å². The molecule has 120 valence electrons. The highest BCUT2D eigenvalue weighted by Gasteiger charge is 2.19. The van der Waals surface area contributed by atoms with E-state index in [1.165, 1.54) is 6.20 Å². The van der Waals surface area contributed by atoms with Crippen molar-refractivity contribution in [2.45, 2.75) is 13.3 Å². The fraction of sp³-hybridized carbons (Fsp3) is 0.188. The topological polar surface area (TPSA) is 56.3 Å². The quantitative estimate of drug-likeness (QED) is 0.566. The van der Waals surface area contributed by atoms with Crippen LogP contribution < -0.4 is 0 Å². The second-order valence-corrected chi connectivity index (χ2v) is 5.80. The van der Waals surface area contributed by atoms with Gasteiger partial charge in [0, 0.05) is 11.8 Å². The summed E-state index contributed by atoms with van der Waals surface area (Å²) in [7, 11) is 0. The summed E-state index contributed by atoms with van der Waals surface area (Å²) in [6.07, 6.45) is 2.07. The molecular weight excluding hydrogens is 361 g/mol. The smallest absolute Gasteiger partial charge is 0.358 e. The highest BCUT2D eigenvalue weighted by atomic mass is 35.5. The van der Waals surface area contributed by atoms with Crippen LogP contribution in [0.25, 0.3) is 0 Å². The van der Waals surface area contributed by atoms with Crippen LogP contribution in [0, 0.1) is 0 Å². The molecule has 0 aliphatic heterocycles. The van der Waals surface area contributed by atoms with E-state index in [1.54, 1.807) is 12.1 Å². The summed E-state index contributed by atoms with van der Waals surface area (Å²) in [6.45, 7) is 1.61. The van der Waals surface area contributed by atoms with Crippen molar-refractivity contribution in [2.75, 3.05) is 6.61 Å². The van der Waals surface area contributed by atoms with E-state index in [1.807, 2.05) is 19.1 Å². The number of aryl methyl sites for hydroxylation is 1. The van der Waals surface area contributed by atoms with E-state index in [4.69, 9.17) is 39.5 Å². The molecule has 0 spiro atoms. The number of benzene rings is 1. The minimum atomic E-state index is -0.841. The van der Waals surface area contributed by atoms with E-state index >= 15 is 0 Å². The standard InChI is InChI=1S/C16H12Cl3NO3/c1-2-9-3-5-10(6-4-9)12(21)8-23-16(22)15-14(19)13(18)11(17)7-20-15/h3-7H,2,8H2,1H3. The van der Waals surface area contributed by atoms with Gasteiger partial charge in [-0.3, -0.25) is 4.79 Å². The summed E-state index contributed by atoms with van der Waals surface area (Å²) in [5.41, 5.74) is 1.39. The van der Waals surface area contributed by atoms with Gasteiger partial charge >= 0.3 is 5.97 Å². The average molecular weight is 373 g/mol. The van der Waals surface area contributed by atoms with Gasteiger partial charge in [-0.2, -0.15) is 0 Å². The molecule has 7 heteroatoms. The third kappa shape index (κ3) is 4.22. The molecule has 1 aromatic heterocycles. The number of hydrogen-bond donors (Lipinski definition) is 0. The molecule has 0 saturated heterocycles. The van der Waals surface area contributed by atoms with Gasteiger partial charge < -0.3 is 4.74 Å². The Labute approximate surface area is 148 Å². The van der Waals surface area contributed by atoms with Crippen molar-refractivity contribution in [3.05, 3.63) is 62.4 Å². The lowest BCUT2D eigenvalue weighted by Crippen LogP contribution is -2.15. The van der Waals surface area contributed by atoms with E-state index in [0.29, 0.717) is 5.56 Å². The van der Waals surface area contributed by atoms with Crippen molar-refractivity contribution in [2.24, 2.45) is 0 Å². The van der Waals surface area contributed by atoms with Crippen molar-refractivity contribution in [3.8, 4) is 0 Å². The van der Waals surface area contributed by atoms with Gasteiger partial charge in [-0.25, -0.2) is 9.78 Å². The van der Waals surface area contributed by atoms with Gasteiger partial charge in [-0.1, -0.05) is 66.0 Å². The van der Waals surface area contributed by atoms with E-state index in [0.717, 1.165) is 12.0 Å². The lowest BCUT2D eigenvalue weighted by Gasteiger charge is -2.07. The zero-order chi connectivity index (χ0) is 17.0. The number of pyridine rings is 1. The number of ether oxygens (including phenoxy) is 1. The molecule has 0 N–H and O–H groups in total. The second kappa shape index (κ2) is 7.77. The molecule has 0 aliphatic carbocycles. The lowest BCUT2D eigenvalue weighted by molar-refractivity contribution is 0.0469. The fourth-order valence-electron chi connectivity index (χ4n) is 1.79. The molecule has 0 atom stereocenters. The SMILES string of the molecule is CCc1ccc(C(=O)COC(=O)c2ncc(Cl)c(Cl)c2Cl)cc1. The summed E-state index contributed by atoms with van der Waals surface area (Å²) in [5, 5.41) is 0.0287. The number of hydrogen-bond acceptors (Lipinski definition) is 4. The Balaban J connectivity index is 2.03. The van der Waals surface area contributed by atoms with E-state index in [-0.39, 0.29) is 26.5 Å². The largest absolute Gasteiger partial charge is 0.453 e. The van der Waals surface area contributed by atoms with Crippen molar-refractivity contribution in [1.29, 1.82) is 0 Å². The Morgan fingerprint density at radius 2 is 1.74 bits per heavy atom. The molecular formula is C16H12Cl3NO3. The first-order valence-corrected chi connectivity index (χ1v) is 7.86. The Morgan fingerprint density at radius 3 is 2.35 bits per heavy atom. The number of nitrogens with zero attached hydrogens (tertiary/aromatic N) is 1. The summed E-state index contributed by atoms with van der Waals surface area (Å²) < 4.78 is 4.94. The van der Waals surface area contributed by atoms with Gasteiger partial charge in [0.05, 0.1) is 15.1 Å². The van der Waals surface area contributed by atoms with Gasteiger partial charge in [-0.05, 0) is 12.0 Å². The van der Waals surface area contributed by atoms with Crippen LogP contribution in [0.2, 0.25) is 15.1 Å². The number of ketones is 1. The van der Waals surface area contributed by atoms with Gasteiger partial charge in [-0.15, -0.1) is 0 Å². The Morgan fingerprint density at radius 1 is 1.09 bits per heavy atom. The number of carbonyl (C=O) groups is 2. The molecule has 0 fully saturated rings. The lowest BCUT2D eigenvalue weighted by atomic mass is 10.1. The van der Waals surface area contributed by atoms with Crippen LogP contribution in [0.3, 0.4) is 0 Å². The number of carbonyl (C=O) groups excluding carboxylic acids is 2. The van der Waals surface area contributed by atoms with Gasteiger partial charge in [0.25, 0.3) is 0 Å². The molecule has 23 heavy (non-hydrogen) atoms. The second-order valence-electron chi connectivity index (χ2n) is 4.63. The van der Waals surface area contributed by atoms with Crippen LogP contribution in [0.15, 0.2) is 30.5 Å². The van der Waals surface area contributed by atoms with Crippen LogP contribution in [-0.2, 0) is 11.2 Å². The third-order valence-electron chi connectivity index (χ3n) is 3.13. The Bertz CT molecular complexity index is 745. The highest BCUT2D eigenvalue weighted by molar-refractivity contribution is 6.48. The molecule has 0 aliphatic rings. The number of halogens is 3. The molecule has 2 rings (SSSR count). The third-order valence-corrected chi connectivity index (χ3v) is 4.37. The van der Waals surface area contributed by atoms with Crippen molar-refractivity contribution < 1.29 is 14.3 Å². The molecule has 0 bridgehead atoms. The van der Waals surface area contributed by atoms with Crippen LogP contribution in [0.1, 0.15) is 33.3 Å². The maximum atomic E-state index is 12.0. The first-order valence-electron chi connectivity index (χ1n) is 6.72. The fourth-order valence-corrected chi connectivity index (χ4v) is 2.35. The molecule has 4 nitrogen and oxygen atoms in total. The zero-order valence-electron chi connectivity index (χ0n) is 12.1. The first-order chi connectivity index (χ1) is 10.9. The summed E-state index contributed by atoms with van der Waals surface area (Å²) in [6, 6.07) is 7.09. The van der Waals surface area contributed by atoms with Crippen molar-refractivity contribution in [1.82, 2.24) is 4.98 Å². The monoisotopic (exact) mass is 371 g/mol. The maximum absolute atomic E-state index is 12.0. The van der Waals surface area contributed by atoms with Gasteiger partial charge in [0.15, 0.2) is 18.1 Å². The number of rotatable bonds is 5. The van der Waals surface area contributed by atoms with Crippen molar-refractivity contribution in [3.63, 3.8) is 0 Å². The minimum Gasteiger partial charge on any atom is -0.453 e. The van der Waals surface area contributed by atoms with E-state index < -0.39 is 12.6 Å². The number of esters is 1. The molecule has 1 heterocycles. The minimum absolute atomic E-state index is 0.0109. The van der Waals surface area contributed by atoms with E-state index in [9.17, 15) is 9.59 Å². The van der Waals surface area contributed by atoms with Crippen LogP contribution >= 0.6 is 34.8 Å².